The van der Waals surface area contributed by atoms with Crippen LogP contribution in [0, 0.1) is 11.5 Å². The standard InChI is InChI=1S/C11H22OSi/c1-7-10(12)8-9-13(5,6)11(2,3)4/h10,12H,7H2,1-6H3/t10-/m0/s1. The maximum Gasteiger partial charge on any atom is 0.137 e. The molecule has 0 aromatic rings. The van der Waals surface area contributed by atoms with Crippen LogP contribution in [0.5, 0.6) is 0 Å². The quantitative estimate of drug-likeness (QED) is 0.507. The van der Waals surface area contributed by atoms with Crippen molar-refractivity contribution in [3.05, 3.63) is 0 Å². The number of rotatable bonds is 1. The Balaban J connectivity index is 4.56. The van der Waals surface area contributed by atoms with Crippen molar-refractivity contribution in [2.75, 3.05) is 0 Å². The molecule has 0 saturated heterocycles. The van der Waals surface area contributed by atoms with E-state index in [1.165, 1.54) is 0 Å². The molecule has 0 aromatic heterocycles. The molecule has 0 rings (SSSR count). The van der Waals surface area contributed by atoms with Gasteiger partial charge in [-0.3, -0.25) is 0 Å². The fraction of sp³-hybridized carbons (Fsp3) is 0.818. The van der Waals surface area contributed by atoms with E-state index in [0.717, 1.165) is 6.42 Å². The van der Waals surface area contributed by atoms with Crippen LogP contribution in [-0.4, -0.2) is 19.3 Å². The van der Waals surface area contributed by atoms with Gasteiger partial charge in [0.05, 0.1) is 0 Å². The van der Waals surface area contributed by atoms with Gasteiger partial charge in [-0.2, -0.15) is 0 Å². The Morgan fingerprint density at radius 1 is 1.31 bits per heavy atom. The summed E-state index contributed by atoms with van der Waals surface area (Å²) in [4.78, 5) is 0. The number of aliphatic hydroxyl groups is 1. The number of hydrogen-bond donors (Lipinski definition) is 1. The Labute approximate surface area is 83.6 Å². The maximum atomic E-state index is 9.34. The lowest BCUT2D eigenvalue weighted by molar-refractivity contribution is 0.228. The summed E-state index contributed by atoms with van der Waals surface area (Å²) in [5.74, 6) is 2.95. The maximum absolute atomic E-state index is 9.34. The summed E-state index contributed by atoms with van der Waals surface area (Å²) in [7, 11) is -1.51. The Kier molecular flexibility index (Phi) is 4.21. The number of hydrogen-bond acceptors (Lipinski definition) is 1. The molecule has 0 bridgehead atoms. The summed E-state index contributed by atoms with van der Waals surface area (Å²) in [5, 5.41) is 9.62. The Morgan fingerprint density at radius 3 is 2.08 bits per heavy atom. The lowest BCUT2D eigenvalue weighted by atomic mass is 10.2. The molecule has 0 aliphatic heterocycles. The largest absolute Gasteiger partial charge is 0.380 e. The first-order chi connectivity index (χ1) is 5.70. The van der Waals surface area contributed by atoms with E-state index < -0.39 is 14.2 Å². The predicted molar refractivity (Wildman–Crippen MR) is 61.3 cm³/mol. The highest BCUT2D eigenvalue weighted by molar-refractivity contribution is 6.87. The Hall–Kier alpha value is -0.263. The van der Waals surface area contributed by atoms with E-state index in [1.54, 1.807) is 0 Å². The van der Waals surface area contributed by atoms with Crippen LogP contribution >= 0.6 is 0 Å². The molecule has 0 fully saturated rings. The normalized spacial score (nSPS) is 14.7. The molecule has 0 spiro atoms. The third-order valence-electron chi connectivity index (χ3n) is 2.81. The van der Waals surface area contributed by atoms with E-state index in [4.69, 9.17) is 0 Å². The SMILES string of the molecule is CC[C@H](O)C#C[Si](C)(C)C(C)(C)C. The van der Waals surface area contributed by atoms with Gasteiger partial charge >= 0.3 is 0 Å². The molecule has 0 aliphatic rings. The molecule has 2 heteroatoms. The summed E-state index contributed by atoms with van der Waals surface area (Å²) < 4.78 is 0. The highest BCUT2D eigenvalue weighted by Gasteiger charge is 2.33. The van der Waals surface area contributed by atoms with E-state index in [9.17, 15) is 5.11 Å². The van der Waals surface area contributed by atoms with Gasteiger partial charge in [-0.25, -0.2) is 0 Å². The molecule has 0 saturated carbocycles. The fourth-order valence-corrected chi connectivity index (χ4v) is 1.46. The summed E-state index contributed by atoms with van der Waals surface area (Å²) in [6.07, 6.45) is 0.288. The van der Waals surface area contributed by atoms with Crippen molar-refractivity contribution in [2.45, 2.75) is 58.4 Å². The highest BCUT2D eigenvalue weighted by Crippen LogP contribution is 2.35. The topological polar surface area (TPSA) is 20.2 Å². The van der Waals surface area contributed by atoms with Crippen molar-refractivity contribution in [1.29, 1.82) is 0 Å². The van der Waals surface area contributed by atoms with Crippen LogP contribution in [0.1, 0.15) is 34.1 Å². The Bertz CT molecular complexity index is 214. The van der Waals surface area contributed by atoms with Crippen molar-refractivity contribution in [2.24, 2.45) is 0 Å². The molecule has 76 valence electrons. The summed E-state index contributed by atoms with van der Waals surface area (Å²) >= 11 is 0. The van der Waals surface area contributed by atoms with Crippen LogP contribution < -0.4 is 0 Å². The van der Waals surface area contributed by atoms with Crippen molar-refractivity contribution in [3.63, 3.8) is 0 Å². The molecular weight excluding hydrogens is 176 g/mol. The molecule has 0 aromatic carbocycles. The monoisotopic (exact) mass is 198 g/mol. The van der Waals surface area contributed by atoms with Gasteiger partial charge in [0.15, 0.2) is 0 Å². The fourth-order valence-electron chi connectivity index (χ4n) is 0.553. The van der Waals surface area contributed by atoms with Gasteiger partial charge in [0.2, 0.25) is 0 Å². The van der Waals surface area contributed by atoms with Gasteiger partial charge in [0.25, 0.3) is 0 Å². The highest BCUT2D eigenvalue weighted by atomic mass is 28.3. The van der Waals surface area contributed by atoms with E-state index in [0.29, 0.717) is 0 Å². The average molecular weight is 198 g/mol. The minimum atomic E-state index is -1.51. The minimum absolute atomic E-state index is 0.285. The average Bonchev–Trinajstić information content (AvgIpc) is 1.98. The predicted octanol–water partition coefficient (Wildman–Crippen LogP) is 2.81. The van der Waals surface area contributed by atoms with E-state index in [-0.39, 0.29) is 5.04 Å². The van der Waals surface area contributed by atoms with Gasteiger partial charge in [0.1, 0.15) is 14.2 Å². The van der Waals surface area contributed by atoms with Crippen LogP contribution in [0.15, 0.2) is 0 Å². The molecule has 0 amide bonds. The van der Waals surface area contributed by atoms with Gasteiger partial charge < -0.3 is 5.11 Å². The molecule has 1 N–H and O–H groups in total. The van der Waals surface area contributed by atoms with Crippen molar-refractivity contribution < 1.29 is 5.11 Å². The molecule has 13 heavy (non-hydrogen) atoms. The first-order valence-corrected chi connectivity index (χ1v) is 7.91. The van der Waals surface area contributed by atoms with Gasteiger partial charge in [-0.15, -0.1) is 5.54 Å². The second-order valence-electron chi connectivity index (χ2n) is 5.07. The molecule has 0 radical (unpaired) electrons. The van der Waals surface area contributed by atoms with Crippen molar-refractivity contribution >= 4 is 8.07 Å². The number of aliphatic hydroxyl groups excluding tert-OH is 1. The smallest absolute Gasteiger partial charge is 0.137 e. The zero-order valence-corrected chi connectivity index (χ0v) is 10.7. The second kappa shape index (κ2) is 4.30. The Morgan fingerprint density at radius 2 is 1.77 bits per heavy atom. The van der Waals surface area contributed by atoms with Crippen LogP contribution in [0.25, 0.3) is 0 Å². The van der Waals surface area contributed by atoms with Crippen LogP contribution in [0.2, 0.25) is 18.1 Å². The lowest BCUT2D eigenvalue weighted by Gasteiger charge is -2.31. The molecule has 0 heterocycles. The van der Waals surface area contributed by atoms with Crippen molar-refractivity contribution in [1.82, 2.24) is 0 Å². The molecule has 1 nitrogen and oxygen atoms in total. The molecular formula is C11H22OSi. The van der Waals surface area contributed by atoms with Gasteiger partial charge in [0, 0.05) is 0 Å². The minimum Gasteiger partial charge on any atom is -0.380 e. The van der Waals surface area contributed by atoms with Gasteiger partial charge in [-0.05, 0) is 11.5 Å². The molecule has 0 unspecified atom stereocenters. The van der Waals surface area contributed by atoms with Crippen LogP contribution in [-0.2, 0) is 0 Å². The third kappa shape index (κ3) is 3.97. The van der Waals surface area contributed by atoms with E-state index in [1.807, 2.05) is 6.92 Å². The zero-order chi connectivity index (χ0) is 10.7. The van der Waals surface area contributed by atoms with Crippen LogP contribution in [0.4, 0.5) is 0 Å². The van der Waals surface area contributed by atoms with Gasteiger partial charge in [-0.1, -0.05) is 46.7 Å². The van der Waals surface area contributed by atoms with E-state index in [2.05, 4.69) is 45.3 Å². The van der Waals surface area contributed by atoms with E-state index >= 15 is 0 Å². The summed E-state index contributed by atoms with van der Waals surface area (Å²) in [6.45, 7) is 13.1. The third-order valence-corrected chi connectivity index (χ3v) is 7.33. The lowest BCUT2D eigenvalue weighted by Crippen LogP contribution is -2.35. The van der Waals surface area contributed by atoms with Crippen molar-refractivity contribution in [3.8, 4) is 11.5 Å². The zero-order valence-electron chi connectivity index (χ0n) is 9.73. The summed E-state index contributed by atoms with van der Waals surface area (Å²) in [5.41, 5.74) is 3.29. The first kappa shape index (κ1) is 12.7. The first-order valence-electron chi connectivity index (χ1n) is 4.91. The van der Waals surface area contributed by atoms with Crippen LogP contribution in [0.3, 0.4) is 0 Å². The second-order valence-corrected chi connectivity index (χ2v) is 10.1. The molecule has 1 atom stereocenters. The summed E-state index contributed by atoms with van der Waals surface area (Å²) in [6, 6.07) is 0. The molecule has 0 aliphatic carbocycles.